The van der Waals surface area contributed by atoms with Gasteiger partial charge >= 0.3 is 0 Å². The predicted octanol–water partition coefficient (Wildman–Crippen LogP) is 5.66. The molecule has 4 rings (SSSR count). The summed E-state index contributed by atoms with van der Waals surface area (Å²) in [6, 6.07) is 23.3. The van der Waals surface area contributed by atoms with E-state index in [1.54, 1.807) is 24.3 Å². The molecule has 3 amide bonds. The molecule has 0 spiro atoms. The lowest BCUT2D eigenvalue weighted by Gasteiger charge is -2.19. The molecule has 40 heavy (non-hydrogen) atoms. The van der Waals surface area contributed by atoms with Crippen LogP contribution in [0.5, 0.6) is 0 Å². The molecule has 0 unspecified atom stereocenters. The van der Waals surface area contributed by atoms with Gasteiger partial charge in [-0.1, -0.05) is 86.7 Å². The molecule has 1 atom stereocenters. The number of nitrogens with zero attached hydrogens (tertiary/aromatic N) is 1. The monoisotopic (exact) mass is 573 g/mol. The Kier molecular flexibility index (Phi) is 9.23. The number of hydrogen-bond donors (Lipinski definition) is 4. The summed E-state index contributed by atoms with van der Waals surface area (Å²) in [6.07, 6.45) is 0.387. The number of amides is 3. The van der Waals surface area contributed by atoms with Crippen LogP contribution in [0.3, 0.4) is 0 Å². The van der Waals surface area contributed by atoms with Crippen molar-refractivity contribution in [2.45, 2.75) is 45.1 Å². The Morgan fingerprint density at radius 3 is 2.17 bits per heavy atom. The van der Waals surface area contributed by atoms with Gasteiger partial charge in [-0.25, -0.2) is 0 Å². The number of benzene rings is 3. The standard InChI is InChI=1S/C30H31N5O3S2/c1-30(2,3)22-13-11-21(12-14-22)26(37)31-23-15-9-20(10-16-23)18-25(36)32-24(17-19-7-5-4-6-8-19)27(38)33-28-34-35-29(39)40-28/h4-16,24H,17-18H2,1-3H3,(H,31,37)(H,32,36)(H,35,39)(H,33,34,38)/t24-/m0/s1. The zero-order chi connectivity index (χ0) is 28.7. The third kappa shape index (κ3) is 8.17. The van der Waals surface area contributed by atoms with Crippen LogP contribution in [-0.2, 0) is 27.8 Å². The van der Waals surface area contributed by atoms with E-state index in [-0.39, 0.29) is 29.6 Å². The summed E-state index contributed by atoms with van der Waals surface area (Å²) in [5, 5.41) is 15.4. The van der Waals surface area contributed by atoms with E-state index in [1.165, 1.54) is 0 Å². The van der Waals surface area contributed by atoms with Gasteiger partial charge in [0.1, 0.15) is 6.04 Å². The second-order valence-electron chi connectivity index (χ2n) is 10.4. The molecule has 0 saturated carbocycles. The molecule has 0 fully saturated rings. The van der Waals surface area contributed by atoms with Crippen molar-refractivity contribution < 1.29 is 14.4 Å². The Labute approximate surface area is 242 Å². The van der Waals surface area contributed by atoms with E-state index in [4.69, 9.17) is 12.2 Å². The first-order valence-corrected chi connectivity index (χ1v) is 14.0. The molecule has 1 aromatic heterocycles. The van der Waals surface area contributed by atoms with Gasteiger partial charge in [-0.3, -0.25) is 24.8 Å². The molecular weight excluding hydrogens is 542 g/mol. The summed E-state index contributed by atoms with van der Waals surface area (Å²) in [5.74, 6) is -0.897. The Hall–Kier alpha value is -4.15. The van der Waals surface area contributed by atoms with E-state index in [0.29, 0.717) is 26.8 Å². The van der Waals surface area contributed by atoms with Gasteiger partial charge in [-0.05, 0) is 58.6 Å². The smallest absolute Gasteiger partial charge is 0.255 e. The number of nitrogens with one attached hydrogen (secondary N) is 4. The van der Waals surface area contributed by atoms with E-state index in [2.05, 4.69) is 46.9 Å². The van der Waals surface area contributed by atoms with Crippen molar-refractivity contribution in [2.75, 3.05) is 10.6 Å². The van der Waals surface area contributed by atoms with Crippen molar-refractivity contribution in [1.29, 1.82) is 0 Å². The highest BCUT2D eigenvalue weighted by Crippen LogP contribution is 2.22. The summed E-state index contributed by atoms with van der Waals surface area (Å²) < 4.78 is 0.442. The molecule has 0 radical (unpaired) electrons. The van der Waals surface area contributed by atoms with Gasteiger partial charge in [0.2, 0.25) is 16.9 Å². The van der Waals surface area contributed by atoms with Crippen molar-refractivity contribution in [1.82, 2.24) is 15.5 Å². The van der Waals surface area contributed by atoms with Crippen LogP contribution in [0, 0.1) is 3.95 Å². The van der Waals surface area contributed by atoms with Crippen LogP contribution in [0.15, 0.2) is 78.9 Å². The zero-order valence-corrected chi connectivity index (χ0v) is 24.1. The normalized spacial score (nSPS) is 11.9. The van der Waals surface area contributed by atoms with E-state index in [0.717, 1.165) is 28.0 Å². The van der Waals surface area contributed by atoms with Gasteiger partial charge in [0.25, 0.3) is 5.91 Å². The molecule has 4 N–H and O–H groups in total. The molecule has 0 saturated heterocycles. The number of carbonyl (C=O) groups is 3. The summed E-state index contributed by atoms with van der Waals surface area (Å²) >= 11 is 6.17. The molecule has 8 nitrogen and oxygen atoms in total. The van der Waals surface area contributed by atoms with Gasteiger partial charge in [-0.2, -0.15) is 0 Å². The maximum absolute atomic E-state index is 13.0. The molecule has 0 aliphatic carbocycles. The molecule has 0 aliphatic heterocycles. The largest absolute Gasteiger partial charge is 0.344 e. The highest BCUT2D eigenvalue weighted by Gasteiger charge is 2.22. The van der Waals surface area contributed by atoms with Crippen molar-refractivity contribution in [2.24, 2.45) is 0 Å². The van der Waals surface area contributed by atoms with Crippen molar-refractivity contribution >= 4 is 52.1 Å². The lowest BCUT2D eigenvalue weighted by atomic mass is 9.87. The van der Waals surface area contributed by atoms with Crippen LogP contribution in [0.25, 0.3) is 0 Å². The number of H-pyrrole nitrogens is 1. The lowest BCUT2D eigenvalue weighted by Crippen LogP contribution is -2.45. The molecule has 0 aliphatic rings. The van der Waals surface area contributed by atoms with Gasteiger partial charge < -0.3 is 10.6 Å². The fourth-order valence-electron chi connectivity index (χ4n) is 4.00. The lowest BCUT2D eigenvalue weighted by molar-refractivity contribution is -0.126. The maximum atomic E-state index is 13.0. The van der Waals surface area contributed by atoms with Crippen molar-refractivity contribution in [3.63, 3.8) is 0 Å². The summed E-state index contributed by atoms with van der Waals surface area (Å²) in [5.41, 5.74) is 4.01. The Morgan fingerprint density at radius 2 is 1.57 bits per heavy atom. The maximum Gasteiger partial charge on any atom is 0.255 e. The molecule has 0 bridgehead atoms. The van der Waals surface area contributed by atoms with Crippen molar-refractivity contribution in [3.05, 3.63) is 105 Å². The van der Waals surface area contributed by atoms with Gasteiger partial charge in [0, 0.05) is 17.7 Å². The fraction of sp³-hybridized carbons (Fsp3) is 0.233. The average Bonchev–Trinajstić information content (AvgIpc) is 3.33. The third-order valence-corrected chi connectivity index (χ3v) is 7.20. The van der Waals surface area contributed by atoms with E-state index >= 15 is 0 Å². The minimum atomic E-state index is -0.810. The number of carbonyl (C=O) groups excluding carboxylic acids is 3. The molecular formula is C30H31N5O3S2. The highest BCUT2D eigenvalue weighted by molar-refractivity contribution is 7.73. The Balaban J connectivity index is 1.36. The van der Waals surface area contributed by atoms with Gasteiger partial charge in [0.15, 0.2) is 3.95 Å². The van der Waals surface area contributed by atoms with Crippen LogP contribution in [0.2, 0.25) is 0 Å². The predicted molar refractivity (Wildman–Crippen MR) is 161 cm³/mol. The SMILES string of the molecule is CC(C)(C)c1ccc(C(=O)Nc2ccc(CC(=O)N[C@@H](Cc3ccccc3)C(=O)Nc3n[nH]c(=S)s3)cc2)cc1. The number of rotatable bonds is 9. The molecule has 206 valence electrons. The van der Waals surface area contributed by atoms with Crippen LogP contribution >= 0.6 is 23.6 Å². The minimum absolute atomic E-state index is 0.0117. The molecule has 1 heterocycles. The second kappa shape index (κ2) is 12.8. The number of hydrogen-bond acceptors (Lipinski definition) is 6. The summed E-state index contributed by atoms with van der Waals surface area (Å²) in [7, 11) is 0. The van der Waals surface area contributed by atoms with E-state index in [9.17, 15) is 14.4 Å². The quantitative estimate of drug-likeness (QED) is 0.193. The first kappa shape index (κ1) is 28.8. The summed E-state index contributed by atoms with van der Waals surface area (Å²) in [6.45, 7) is 6.38. The molecule has 3 aromatic carbocycles. The van der Waals surface area contributed by atoms with Crippen LogP contribution in [0.1, 0.15) is 47.8 Å². The Bertz CT molecular complexity index is 1520. The second-order valence-corrected chi connectivity index (χ2v) is 12.0. The number of aromatic amines is 1. The average molecular weight is 574 g/mol. The minimum Gasteiger partial charge on any atom is -0.344 e. The number of aromatic nitrogens is 2. The van der Waals surface area contributed by atoms with Gasteiger partial charge in [0.05, 0.1) is 6.42 Å². The molecule has 4 aromatic rings. The van der Waals surface area contributed by atoms with Crippen LogP contribution < -0.4 is 16.0 Å². The first-order valence-electron chi connectivity index (χ1n) is 12.8. The zero-order valence-electron chi connectivity index (χ0n) is 22.5. The Morgan fingerprint density at radius 1 is 0.900 bits per heavy atom. The molecule has 10 heteroatoms. The fourth-order valence-corrected chi connectivity index (χ4v) is 4.79. The first-order chi connectivity index (χ1) is 19.1. The third-order valence-electron chi connectivity index (χ3n) is 6.19. The van der Waals surface area contributed by atoms with E-state index < -0.39 is 6.04 Å². The van der Waals surface area contributed by atoms with Crippen LogP contribution in [-0.4, -0.2) is 34.0 Å². The number of anilines is 2. The topological polar surface area (TPSA) is 116 Å². The van der Waals surface area contributed by atoms with Crippen LogP contribution in [0.4, 0.5) is 10.8 Å². The highest BCUT2D eigenvalue weighted by atomic mass is 32.1. The summed E-state index contributed by atoms with van der Waals surface area (Å²) in [4.78, 5) is 38.6. The van der Waals surface area contributed by atoms with E-state index in [1.807, 2.05) is 54.6 Å². The van der Waals surface area contributed by atoms with Crippen molar-refractivity contribution in [3.8, 4) is 0 Å². The van der Waals surface area contributed by atoms with Gasteiger partial charge in [-0.15, -0.1) is 5.10 Å².